The molecule has 0 saturated heterocycles. The third kappa shape index (κ3) is 7.43. The Kier molecular flexibility index (Phi) is 3.24. The van der Waals surface area contributed by atoms with Crippen LogP contribution in [0.3, 0.4) is 0 Å². The fraction of sp³-hybridized carbons (Fsp3) is 0.400. The summed E-state index contributed by atoms with van der Waals surface area (Å²) in [5, 5.41) is 0. The van der Waals surface area contributed by atoms with Crippen LogP contribution in [0.2, 0.25) is 0 Å². The summed E-state index contributed by atoms with van der Waals surface area (Å²) in [7, 11) is -3.83. The topological polar surface area (TPSA) is 54.4 Å². The second kappa shape index (κ2) is 3.45. The van der Waals surface area contributed by atoms with Crippen LogP contribution in [0.15, 0.2) is 17.9 Å². The van der Waals surface area contributed by atoms with Gasteiger partial charge >= 0.3 is 0 Å². The summed E-state index contributed by atoms with van der Waals surface area (Å²) >= 11 is 0. The first-order valence-corrected chi connectivity index (χ1v) is 3.98. The minimum Gasteiger partial charge on any atom is -0.285 e. The molecule has 1 N–H and O–H groups in total. The molecule has 0 aliphatic heterocycles. The second-order valence-corrected chi connectivity index (χ2v) is 2.91. The average molecular weight is 148 g/mol. The van der Waals surface area contributed by atoms with E-state index in [9.17, 15) is 8.42 Å². The minimum absolute atomic E-state index is 0.364. The highest BCUT2D eigenvalue weighted by atomic mass is 32.2. The molecular weight excluding hydrogens is 140 g/mol. The Bertz CT molecular complexity index is 219. The highest BCUT2D eigenvalue weighted by Crippen LogP contribution is 1.80. The van der Waals surface area contributed by atoms with Crippen molar-refractivity contribution in [2.45, 2.75) is 6.92 Å². The van der Waals surface area contributed by atoms with Crippen LogP contribution in [-0.2, 0) is 10.1 Å². The Morgan fingerprint density at radius 2 is 2.22 bits per heavy atom. The zero-order valence-corrected chi connectivity index (χ0v) is 5.85. The van der Waals surface area contributed by atoms with E-state index in [2.05, 4.69) is 5.73 Å². The number of rotatable bonds is 2. The number of hydrogen-bond donors (Lipinski definition) is 1. The molecule has 0 bridgehead atoms. The zero-order valence-electron chi connectivity index (χ0n) is 5.03. The zero-order chi connectivity index (χ0) is 7.33. The summed E-state index contributed by atoms with van der Waals surface area (Å²) in [5.41, 5.74) is 2.52. The molecule has 3 nitrogen and oxygen atoms in total. The van der Waals surface area contributed by atoms with E-state index in [-0.39, 0.29) is 5.75 Å². The third-order valence-corrected chi connectivity index (χ3v) is 1.17. The van der Waals surface area contributed by atoms with Crippen LogP contribution in [-0.4, -0.2) is 18.7 Å². The molecule has 9 heavy (non-hydrogen) atoms. The molecule has 4 heteroatoms. The first-order chi connectivity index (χ1) is 4.06. The normalized spacial score (nSPS) is 10.0. The maximum atomic E-state index is 9.98. The molecule has 0 saturated carbocycles. The van der Waals surface area contributed by atoms with Crippen molar-refractivity contribution in [3.8, 4) is 0 Å². The van der Waals surface area contributed by atoms with Crippen molar-refractivity contribution in [3.05, 3.63) is 17.9 Å². The fourth-order valence-corrected chi connectivity index (χ4v) is 0.578. The Morgan fingerprint density at radius 3 is 2.56 bits per heavy atom. The van der Waals surface area contributed by atoms with E-state index in [0.29, 0.717) is 0 Å². The van der Waals surface area contributed by atoms with Gasteiger partial charge in [-0.25, -0.2) is 0 Å². The van der Waals surface area contributed by atoms with Crippen LogP contribution < -0.4 is 0 Å². The Balaban J connectivity index is 3.95. The molecule has 0 heterocycles. The van der Waals surface area contributed by atoms with Crippen molar-refractivity contribution in [3.63, 3.8) is 0 Å². The molecule has 0 aliphatic rings. The van der Waals surface area contributed by atoms with Crippen LogP contribution in [0.1, 0.15) is 6.92 Å². The van der Waals surface area contributed by atoms with Gasteiger partial charge in [-0.2, -0.15) is 8.42 Å². The first kappa shape index (κ1) is 8.43. The molecule has 0 aliphatic carbocycles. The van der Waals surface area contributed by atoms with Gasteiger partial charge in [-0.3, -0.25) is 4.55 Å². The molecule has 0 fully saturated rings. The Hall–Kier alpha value is -0.570. The molecule has 52 valence electrons. The molecule has 0 aromatic carbocycles. The van der Waals surface area contributed by atoms with Crippen molar-refractivity contribution in [1.82, 2.24) is 0 Å². The summed E-state index contributed by atoms with van der Waals surface area (Å²) in [6.07, 6.45) is 2.81. The van der Waals surface area contributed by atoms with Gasteiger partial charge in [0.15, 0.2) is 0 Å². The molecule has 0 aromatic heterocycles. The van der Waals surface area contributed by atoms with Crippen LogP contribution in [0.4, 0.5) is 0 Å². The predicted molar refractivity (Wildman–Crippen MR) is 34.7 cm³/mol. The van der Waals surface area contributed by atoms with E-state index in [1.54, 1.807) is 13.0 Å². The molecule has 0 radical (unpaired) electrons. The predicted octanol–water partition coefficient (Wildman–Crippen LogP) is 0.605. The van der Waals surface area contributed by atoms with Crippen molar-refractivity contribution in [2.75, 3.05) is 5.75 Å². The largest absolute Gasteiger partial charge is 0.285 e. The van der Waals surface area contributed by atoms with E-state index in [1.165, 1.54) is 6.08 Å². The van der Waals surface area contributed by atoms with Gasteiger partial charge in [0, 0.05) is 0 Å². The van der Waals surface area contributed by atoms with Crippen molar-refractivity contribution >= 4 is 10.1 Å². The lowest BCUT2D eigenvalue weighted by molar-refractivity contribution is 0.487. The second-order valence-electron chi connectivity index (χ2n) is 1.41. The lowest BCUT2D eigenvalue weighted by atomic mass is 10.6. The molecule has 0 atom stereocenters. The maximum absolute atomic E-state index is 9.98. The number of hydrogen-bond acceptors (Lipinski definition) is 2. The van der Waals surface area contributed by atoms with Gasteiger partial charge in [0.1, 0.15) is 5.75 Å². The molecule has 0 rings (SSSR count). The van der Waals surface area contributed by atoms with Crippen molar-refractivity contribution < 1.29 is 13.0 Å². The van der Waals surface area contributed by atoms with Crippen LogP contribution in [0, 0.1) is 0 Å². The van der Waals surface area contributed by atoms with Crippen LogP contribution in [0.25, 0.3) is 0 Å². The average Bonchev–Trinajstić information content (AvgIpc) is 1.63. The SMILES string of the molecule is CC=C=CCS(=O)(=O)O. The molecule has 0 spiro atoms. The lowest BCUT2D eigenvalue weighted by Crippen LogP contribution is -1.99. The van der Waals surface area contributed by atoms with Gasteiger partial charge in [0.25, 0.3) is 10.1 Å². The van der Waals surface area contributed by atoms with Crippen molar-refractivity contribution in [2.24, 2.45) is 0 Å². The third-order valence-electron chi connectivity index (χ3n) is 0.578. The summed E-state index contributed by atoms with van der Waals surface area (Å²) in [5.74, 6) is -0.364. The Labute approximate surface area is 54.4 Å². The van der Waals surface area contributed by atoms with E-state index < -0.39 is 10.1 Å². The highest BCUT2D eigenvalue weighted by molar-refractivity contribution is 7.85. The van der Waals surface area contributed by atoms with Gasteiger partial charge in [0.05, 0.1) is 0 Å². The first-order valence-electron chi connectivity index (χ1n) is 2.37. The van der Waals surface area contributed by atoms with Gasteiger partial charge < -0.3 is 0 Å². The van der Waals surface area contributed by atoms with Gasteiger partial charge in [-0.15, -0.1) is 5.73 Å². The summed E-state index contributed by atoms with van der Waals surface area (Å²) in [4.78, 5) is 0. The summed E-state index contributed by atoms with van der Waals surface area (Å²) < 4.78 is 28.1. The highest BCUT2D eigenvalue weighted by Gasteiger charge is 1.96. The van der Waals surface area contributed by atoms with Gasteiger partial charge in [0.2, 0.25) is 0 Å². The smallest absolute Gasteiger partial charge is 0.269 e. The Morgan fingerprint density at radius 1 is 1.67 bits per heavy atom. The van der Waals surface area contributed by atoms with E-state index >= 15 is 0 Å². The fourth-order valence-electron chi connectivity index (χ4n) is 0.271. The van der Waals surface area contributed by atoms with Crippen molar-refractivity contribution in [1.29, 1.82) is 0 Å². The molecule has 0 amide bonds. The van der Waals surface area contributed by atoms with Crippen LogP contribution >= 0.6 is 0 Å². The standard InChI is InChI=1S/C5H8O3S/c1-2-3-4-5-9(6,7)8/h2,4H,5H2,1H3,(H,6,7,8). The van der Waals surface area contributed by atoms with E-state index in [0.717, 1.165) is 0 Å². The lowest BCUT2D eigenvalue weighted by Gasteiger charge is -1.82. The molecule has 0 unspecified atom stereocenters. The van der Waals surface area contributed by atoms with E-state index in [1.807, 2.05) is 0 Å². The monoisotopic (exact) mass is 148 g/mol. The molecule has 0 aromatic rings. The van der Waals surface area contributed by atoms with Gasteiger partial charge in [-0.1, -0.05) is 0 Å². The minimum atomic E-state index is -3.83. The van der Waals surface area contributed by atoms with Crippen LogP contribution in [0.5, 0.6) is 0 Å². The maximum Gasteiger partial charge on any atom is 0.269 e. The summed E-state index contributed by atoms with van der Waals surface area (Å²) in [6, 6.07) is 0. The molecular formula is C5H8O3S. The van der Waals surface area contributed by atoms with Gasteiger partial charge in [-0.05, 0) is 19.1 Å². The summed E-state index contributed by atoms with van der Waals surface area (Å²) in [6.45, 7) is 1.71. The van der Waals surface area contributed by atoms with E-state index in [4.69, 9.17) is 4.55 Å². The quantitative estimate of drug-likeness (QED) is 0.461.